The summed E-state index contributed by atoms with van der Waals surface area (Å²) in [5.41, 5.74) is 1.91. The lowest BCUT2D eigenvalue weighted by Crippen LogP contribution is -2.29. The molecule has 0 saturated carbocycles. The molecule has 118 valence electrons. The molecule has 1 aromatic carbocycles. The number of likely N-dealkylation sites (tertiary alicyclic amines) is 1. The minimum Gasteiger partial charge on any atom is -0.396 e. The third kappa shape index (κ3) is 2.75. The Kier molecular flexibility index (Phi) is 4.21. The smallest absolute Gasteiger partial charge is 0.256 e. The molecule has 4 nitrogen and oxygen atoms in total. The molecule has 1 saturated heterocycles. The van der Waals surface area contributed by atoms with Crippen molar-refractivity contribution >= 4 is 16.8 Å². The average Bonchev–Trinajstić information content (AvgIpc) is 3.11. The van der Waals surface area contributed by atoms with Crippen molar-refractivity contribution in [2.24, 2.45) is 11.8 Å². The number of para-hydroxylation sites is 1. The minimum atomic E-state index is 0.0923. The summed E-state index contributed by atoms with van der Waals surface area (Å²) in [5, 5.41) is 10.3. The van der Waals surface area contributed by atoms with Crippen molar-refractivity contribution in [1.82, 2.24) is 9.47 Å². The van der Waals surface area contributed by atoms with Gasteiger partial charge < -0.3 is 14.6 Å². The number of nitrogens with zero attached hydrogens (tertiary/aromatic N) is 2. The number of aliphatic hydroxyl groups excluding tert-OH is 1. The first-order valence-corrected chi connectivity index (χ1v) is 8.08. The maximum Gasteiger partial charge on any atom is 0.256 e. The number of fused-ring (bicyclic) bond motifs is 1. The number of benzene rings is 1. The third-order valence-corrected chi connectivity index (χ3v) is 4.41. The van der Waals surface area contributed by atoms with Crippen LogP contribution in [0.15, 0.2) is 30.5 Å². The van der Waals surface area contributed by atoms with Gasteiger partial charge in [-0.15, -0.1) is 0 Å². The van der Waals surface area contributed by atoms with Crippen LogP contribution in [-0.4, -0.2) is 40.2 Å². The second-order valence-corrected chi connectivity index (χ2v) is 6.69. The van der Waals surface area contributed by atoms with Crippen LogP contribution in [0.25, 0.3) is 10.9 Å². The molecule has 1 fully saturated rings. The second kappa shape index (κ2) is 6.13. The molecule has 3 rings (SSSR count). The zero-order chi connectivity index (χ0) is 15.7. The molecule has 1 aliphatic heterocycles. The van der Waals surface area contributed by atoms with E-state index in [-0.39, 0.29) is 18.4 Å². The first-order chi connectivity index (χ1) is 10.6. The summed E-state index contributed by atoms with van der Waals surface area (Å²) >= 11 is 0. The molecule has 1 amide bonds. The molecule has 1 aromatic heterocycles. The topological polar surface area (TPSA) is 45.5 Å². The predicted octanol–water partition coefficient (Wildman–Crippen LogP) is 2.75. The van der Waals surface area contributed by atoms with Crippen molar-refractivity contribution in [3.63, 3.8) is 0 Å². The summed E-state index contributed by atoms with van der Waals surface area (Å²) in [7, 11) is 0. The predicted molar refractivity (Wildman–Crippen MR) is 87.9 cm³/mol. The molecule has 4 heteroatoms. The molecular formula is C18H24N2O2. The van der Waals surface area contributed by atoms with Gasteiger partial charge in [-0.25, -0.2) is 0 Å². The van der Waals surface area contributed by atoms with Crippen LogP contribution in [0, 0.1) is 11.8 Å². The number of amides is 1. The molecule has 1 N–H and O–H groups in total. The van der Waals surface area contributed by atoms with Crippen LogP contribution < -0.4 is 0 Å². The maximum absolute atomic E-state index is 12.9. The molecule has 0 aliphatic carbocycles. The van der Waals surface area contributed by atoms with Crippen LogP contribution in [-0.2, 0) is 6.54 Å². The van der Waals surface area contributed by atoms with Crippen LogP contribution in [0.3, 0.4) is 0 Å². The summed E-state index contributed by atoms with van der Waals surface area (Å²) in [6, 6.07) is 8.11. The number of aromatic nitrogens is 1. The fraction of sp³-hybridized carbons (Fsp3) is 0.500. The van der Waals surface area contributed by atoms with E-state index in [1.807, 2.05) is 29.3 Å². The Morgan fingerprint density at radius 1 is 1.36 bits per heavy atom. The quantitative estimate of drug-likeness (QED) is 0.943. The lowest BCUT2D eigenvalue weighted by Gasteiger charge is -2.15. The van der Waals surface area contributed by atoms with Gasteiger partial charge in [-0.1, -0.05) is 32.0 Å². The fourth-order valence-corrected chi connectivity index (χ4v) is 3.30. The molecule has 2 heterocycles. The summed E-state index contributed by atoms with van der Waals surface area (Å²) in [6.45, 7) is 6.85. The van der Waals surface area contributed by atoms with Crippen LogP contribution in [0.1, 0.15) is 30.6 Å². The van der Waals surface area contributed by atoms with E-state index in [9.17, 15) is 9.90 Å². The van der Waals surface area contributed by atoms with Gasteiger partial charge in [0.05, 0.1) is 5.56 Å². The Labute approximate surface area is 131 Å². The van der Waals surface area contributed by atoms with Crippen LogP contribution in [0.4, 0.5) is 0 Å². The summed E-state index contributed by atoms with van der Waals surface area (Å²) in [4.78, 5) is 14.7. The summed E-state index contributed by atoms with van der Waals surface area (Å²) in [5.74, 6) is 0.854. The van der Waals surface area contributed by atoms with Crippen LogP contribution in [0.2, 0.25) is 0 Å². The highest BCUT2D eigenvalue weighted by atomic mass is 16.3. The van der Waals surface area contributed by atoms with E-state index in [1.54, 1.807) is 0 Å². The van der Waals surface area contributed by atoms with E-state index >= 15 is 0 Å². The van der Waals surface area contributed by atoms with Gasteiger partial charge in [-0.3, -0.25) is 4.79 Å². The second-order valence-electron chi connectivity index (χ2n) is 6.69. The van der Waals surface area contributed by atoms with Gasteiger partial charge in [0.2, 0.25) is 0 Å². The van der Waals surface area contributed by atoms with Gasteiger partial charge in [-0.05, 0) is 18.4 Å². The standard InChI is InChI=1S/C18H24N2O2/c1-13(2)9-20-11-16(15-5-3-4-6-17(15)20)18(22)19-8-7-14(10-19)12-21/h3-6,11,13-14,21H,7-10,12H2,1-2H3. The number of aliphatic hydroxyl groups is 1. The zero-order valence-electron chi connectivity index (χ0n) is 13.3. The Morgan fingerprint density at radius 2 is 2.14 bits per heavy atom. The molecule has 1 atom stereocenters. The van der Waals surface area contributed by atoms with Gasteiger partial charge in [-0.2, -0.15) is 0 Å². The van der Waals surface area contributed by atoms with E-state index in [4.69, 9.17) is 0 Å². The molecule has 2 aromatic rings. The highest BCUT2D eigenvalue weighted by Crippen LogP contribution is 2.26. The van der Waals surface area contributed by atoms with Gasteiger partial charge in [0.15, 0.2) is 0 Å². The number of carbonyl (C=O) groups excluding carboxylic acids is 1. The zero-order valence-corrected chi connectivity index (χ0v) is 13.3. The van der Waals surface area contributed by atoms with E-state index < -0.39 is 0 Å². The van der Waals surface area contributed by atoms with E-state index in [1.165, 1.54) is 0 Å². The van der Waals surface area contributed by atoms with Gasteiger partial charge in [0.25, 0.3) is 5.91 Å². The molecule has 1 unspecified atom stereocenters. The average molecular weight is 300 g/mol. The van der Waals surface area contributed by atoms with E-state index in [0.29, 0.717) is 12.5 Å². The summed E-state index contributed by atoms with van der Waals surface area (Å²) in [6.07, 6.45) is 2.89. The normalized spacial score (nSPS) is 18.5. The highest BCUT2D eigenvalue weighted by Gasteiger charge is 2.28. The van der Waals surface area contributed by atoms with Crippen LogP contribution in [0.5, 0.6) is 0 Å². The lowest BCUT2D eigenvalue weighted by atomic mass is 10.1. The number of hydrogen-bond acceptors (Lipinski definition) is 2. The summed E-state index contributed by atoms with van der Waals surface area (Å²) < 4.78 is 2.19. The lowest BCUT2D eigenvalue weighted by molar-refractivity contribution is 0.0783. The van der Waals surface area contributed by atoms with Crippen molar-refractivity contribution in [3.05, 3.63) is 36.0 Å². The van der Waals surface area contributed by atoms with Gasteiger partial charge in [0.1, 0.15) is 0 Å². The Bertz CT molecular complexity index is 675. The number of hydrogen-bond donors (Lipinski definition) is 1. The van der Waals surface area contributed by atoms with Crippen molar-refractivity contribution in [2.75, 3.05) is 19.7 Å². The van der Waals surface area contributed by atoms with Crippen molar-refractivity contribution < 1.29 is 9.90 Å². The van der Waals surface area contributed by atoms with Gasteiger partial charge in [0, 0.05) is 49.3 Å². The molecule has 0 bridgehead atoms. The Hall–Kier alpha value is -1.81. The highest BCUT2D eigenvalue weighted by molar-refractivity contribution is 6.07. The minimum absolute atomic E-state index is 0.0923. The van der Waals surface area contributed by atoms with Crippen molar-refractivity contribution in [3.8, 4) is 0 Å². The fourth-order valence-electron chi connectivity index (χ4n) is 3.30. The third-order valence-electron chi connectivity index (χ3n) is 4.41. The number of rotatable bonds is 4. The van der Waals surface area contributed by atoms with Crippen molar-refractivity contribution in [1.29, 1.82) is 0 Å². The van der Waals surface area contributed by atoms with E-state index in [2.05, 4.69) is 24.5 Å². The number of carbonyl (C=O) groups is 1. The molecule has 0 spiro atoms. The molecule has 22 heavy (non-hydrogen) atoms. The van der Waals surface area contributed by atoms with Gasteiger partial charge >= 0.3 is 0 Å². The Morgan fingerprint density at radius 3 is 2.82 bits per heavy atom. The maximum atomic E-state index is 12.9. The van der Waals surface area contributed by atoms with Crippen LogP contribution >= 0.6 is 0 Å². The Balaban J connectivity index is 1.95. The largest absolute Gasteiger partial charge is 0.396 e. The van der Waals surface area contributed by atoms with Crippen molar-refractivity contribution in [2.45, 2.75) is 26.8 Å². The molecule has 0 radical (unpaired) electrons. The first kappa shape index (κ1) is 15.1. The molecular weight excluding hydrogens is 276 g/mol. The van der Waals surface area contributed by atoms with E-state index in [0.717, 1.165) is 36.0 Å². The monoisotopic (exact) mass is 300 g/mol. The first-order valence-electron chi connectivity index (χ1n) is 8.08. The SMILES string of the molecule is CC(C)Cn1cc(C(=O)N2CCC(CO)C2)c2ccccc21. The molecule has 1 aliphatic rings.